The van der Waals surface area contributed by atoms with E-state index in [9.17, 15) is 14.4 Å². The number of methoxy groups -OCH3 is 2. The van der Waals surface area contributed by atoms with E-state index in [1.54, 1.807) is 0 Å². The first-order valence-corrected chi connectivity index (χ1v) is 11.8. The van der Waals surface area contributed by atoms with E-state index in [0.29, 0.717) is 17.4 Å². The summed E-state index contributed by atoms with van der Waals surface area (Å²) < 4.78 is 15.9. The van der Waals surface area contributed by atoms with Gasteiger partial charge in [0.2, 0.25) is 5.91 Å². The maximum absolute atomic E-state index is 12.8. The van der Waals surface area contributed by atoms with Crippen LogP contribution >= 0.6 is 11.3 Å². The van der Waals surface area contributed by atoms with E-state index in [1.807, 2.05) is 17.5 Å². The van der Waals surface area contributed by atoms with Crippen molar-refractivity contribution in [1.82, 2.24) is 5.32 Å². The largest absolute Gasteiger partial charge is 0.493 e. The monoisotopic (exact) mass is 474 g/mol. The molecule has 0 bridgehead atoms. The molecule has 1 aromatic heterocycles. The Morgan fingerprint density at radius 1 is 1.06 bits per heavy atom. The normalized spacial score (nSPS) is 17.7. The van der Waals surface area contributed by atoms with E-state index in [1.165, 1.54) is 44.1 Å². The smallest absolute Gasteiger partial charge is 0.340 e. The molecule has 1 aliphatic carbocycles. The van der Waals surface area contributed by atoms with E-state index in [-0.39, 0.29) is 35.5 Å². The highest BCUT2D eigenvalue weighted by Gasteiger charge is 2.24. The minimum Gasteiger partial charge on any atom is -0.493 e. The quantitative estimate of drug-likeness (QED) is 0.536. The minimum absolute atomic E-state index is 0.0750. The van der Waals surface area contributed by atoms with Crippen molar-refractivity contribution in [2.75, 3.05) is 26.1 Å². The molecule has 0 saturated heterocycles. The highest BCUT2D eigenvalue weighted by molar-refractivity contribution is 7.10. The average molecular weight is 475 g/mol. The van der Waals surface area contributed by atoms with Gasteiger partial charge in [0.15, 0.2) is 18.1 Å². The summed E-state index contributed by atoms with van der Waals surface area (Å²) in [6, 6.07) is 6.76. The highest BCUT2D eigenvalue weighted by atomic mass is 32.1. The zero-order valence-electron chi connectivity index (χ0n) is 19.1. The predicted molar refractivity (Wildman–Crippen MR) is 126 cm³/mol. The summed E-state index contributed by atoms with van der Waals surface area (Å²) in [7, 11) is 2.91. The molecule has 2 N–H and O–H groups in total. The second-order valence-electron chi connectivity index (χ2n) is 8.07. The number of carbonyl (C=O) groups is 3. The third kappa shape index (κ3) is 6.71. The Morgan fingerprint density at radius 2 is 1.79 bits per heavy atom. The number of esters is 1. The number of hydrogen-bond acceptors (Lipinski definition) is 7. The SMILES string of the molecule is COc1cc(NC(=O)Cc2cccs2)c(C(=O)OCC(=O)N[C@@H]2CCCC[C@@H]2C)cc1OC. The Morgan fingerprint density at radius 3 is 2.45 bits per heavy atom. The number of rotatable bonds is 9. The number of benzene rings is 1. The Hall–Kier alpha value is -3.07. The molecule has 3 rings (SSSR count). The molecule has 2 aromatic rings. The van der Waals surface area contributed by atoms with E-state index in [4.69, 9.17) is 14.2 Å². The van der Waals surface area contributed by atoms with Gasteiger partial charge in [-0.3, -0.25) is 9.59 Å². The molecule has 9 heteroatoms. The van der Waals surface area contributed by atoms with Gasteiger partial charge in [0.05, 0.1) is 31.9 Å². The molecule has 1 saturated carbocycles. The number of amides is 2. The van der Waals surface area contributed by atoms with Crippen LogP contribution in [-0.4, -0.2) is 44.7 Å². The van der Waals surface area contributed by atoms with Crippen molar-refractivity contribution < 1.29 is 28.6 Å². The topological polar surface area (TPSA) is 103 Å². The molecule has 33 heavy (non-hydrogen) atoms. The molecule has 8 nitrogen and oxygen atoms in total. The lowest BCUT2D eigenvalue weighted by molar-refractivity contribution is -0.125. The molecule has 1 fully saturated rings. The zero-order chi connectivity index (χ0) is 23.8. The van der Waals surface area contributed by atoms with Crippen molar-refractivity contribution in [3.8, 4) is 11.5 Å². The van der Waals surface area contributed by atoms with Gasteiger partial charge in [-0.2, -0.15) is 0 Å². The first-order valence-electron chi connectivity index (χ1n) is 11.0. The van der Waals surface area contributed by atoms with Crippen LogP contribution in [0.3, 0.4) is 0 Å². The molecule has 2 atom stereocenters. The summed E-state index contributed by atoms with van der Waals surface area (Å²) in [6.45, 7) is 1.71. The summed E-state index contributed by atoms with van der Waals surface area (Å²) in [5, 5.41) is 7.59. The summed E-state index contributed by atoms with van der Waals surface area (Å²) >= 11 is 1.47. The van der Waals surface area contributed by atoms with Crippen molar-refractivity contribution in [2.45, 2.75) is 45.1 Å². The number of thiophene rings is 1. The molecule has 1 heterocycles. The summed E-state index contributed by atoms with van der Waals surface area (Å²) in [4.78, 5) is 38.6. The fourth-order valence-corrected chi connectivity index (χ4v) is 4.61. The van der Waals surface area contributed by atoms with Gasteiger partial charge in [-0.1, -0.05) is 25.8 Å². The fraction of sp³-hybridized carbons (Fsp3) is 0.458. The Labute approximate surface area is 197 Å². The van der Waals surface area contributed by atoms with Crippen LogP contribution in [0.5, 0.6) is 11.5 Å². The van der Waals surface area contributed by atoms with Gasteiger partial charge in [-0.25, -0.2) is 4.79 Å². The number of anilines is 1. The maximum atomic E-state index is 12.8. The van der Waals surface area contributed by atoms with Crippen LogP contribution in [0, 0.1) is 5.92 Å². The maximum Gasteiger partial charge on any atom is 0.340 e. The third-order valence-electron chi connectivity index (χ3n) is 5.72. The first-order chi connectivity index (χ1) is 15.9. The van der Waals surface area contributed by atoms with Crippen molar-refractivity contribution >= 4 is 34.8 Å². The van der Waals surface area contributed by atoms with Crippen LogP contribution < -0.4 is 20.1 Å². The second-order valence-corrected chi connectivity index (χ2v) is 9.10. The molecular weight excluding hydrogens is 444 g/mol. The van der Waals surface area contributed by atoms with Gasteiger partial charge in [0.25, 0.3) is 5.91 Å². The minimum atomic E-state index is -0.741. The average Bonchev–Trinajstić information content (AvgIpc) is 3.31. The molecule has 0 radical (unpaired) electrons. The Kier molecular flexibility index (Phi) is 8.71. The predicted octanol–water partition coefficient (Wildman–Crippen LogP) is 3.80. The van der Waals surface area contributed by atoms with E-state index < -0.39 is 12.6 Å². The number of ether oxygens (including phenoxy) is 3. The fourth-order valence-electron chi connectivity index (χ4n) is 3.91. The van der Waals surface area contributed by atoms with Gasteiger partial charge in [0, 0.05) is 23.1 Å². The lowest BCUT2D eigenvalue weighted by Gasteiger charge is -2.29. The Balaban J connectivity index is 1.70. The molecule has 0 unspecified atom stereocenters. The summed E-state index contributed by atoms with van der Waals surface area (Å²) in [5.74, 6) is -0.317. The second kappa shape index (κ2) is 11.7. The van der Waals surface area contributed by atoms with Crippen molar-refractivity contribution in [2.24, 2.45) is 5.92 Å². The van der Waals surface area contributed by atoms with Crippen LogP contribution in [0.25, 0.3) is 0 Å². The lowest BCUT2D eigenvalue weighted by Crippen LogP contribution is -2.42. The third-order valence-corrected chi connectivity index (χ3v) is 6.60. The van der Waals surface area contributed by atoms with E-state index in [0.717, 1.165) is 24.1 Å². The molecule has 178 valence electrons. The van der Waals surface area contributed by atoms with E-state index >= 15 is 0 Å². The number of nitrogens with one attached hydrogen (secondary N) is 2. The van der Waals surface area contributed by atoms with Crippen LogP contribution in [0.15, 0.2) is 29.6 Å². The van der Waals surface area contributed by atoms with Crippen molar-refractivity contribution in [3.05, 3.63) is 40.1 Å². The van der Waals surface area contributed by atoms with Gasteiger partial charge in [-0.15, -0.1) is 11.3 Å². The molecular formula is C24H30N2O6S. The molecule has 1 aliphatic rings. The highest BCUT2D eigenvalue weighted by Crippen LogP contribution is 2.34. The van der Waals surface area contributed by atoms with Crippen LogP contribution in [0.1, 0.15) is 47.8 Å². The summed E-state index contributed by atoms with van der Waals surface area (Å²) in [5.41, 5.74) is 0.298. The van der Waals surface area contributed by atoms with Gasteiger partial charge in [-0.05, 0) is 30.2 Å². The van der Waals surface area contributed by atoms with Crippen LogP contribution in [0.2, 0.25) is 0 Å². The van der Waals surface area contributed by atoms with Crippen LogP contribution in [0.4, 0.5) is 5.69 Å². The van der Waals surface area contributed by atoms with Gasteiger partial charge >= 0.3 is 5.97 Å². The zero-order valence-corrected chi connectivity index (χ0v) is 20.0. The summed E-state index contributed by atoms with van der Waals surface area (Å²) in [6.07, 6.45) is 4.42. The van der Waals surface area contributed by atoms with Crippen molar-refractivity contribution in [3.63, 3.8) is 0 Å². The Bertz CT molecular complexity index is 976. The molecule has 1 aromatic carbocycles. The number of carbonyl (C=O) groups excluding carboxylic acids is 3. The number of hydrogen-bond donors (Lipinski definition) is 2. The lowest BCUT2D eigenvalue weighted by atomic mass is 9.86. The van der Waals surface area contributed by atoms with Gasteiger partial charge in [0.1, 0.15) is 0 Å². The molecule has 0 aliphatic heterocycles. The van der Waals surface area contributed by atoms with Gasteiger partial charge < -0.3 is 24.8 Å². The van der Waals surface area contributed by atoms with Crippen molar-refractivity contribution in [1.29, 1.82) is 0 Å². The molecule has 0 spiro atoms. The van der Waals surface area contributed by atoms with E-state index in [2.05, 4.69) is 17.6 Å². The molecule has 2 amide bonds. The first kappa shape index (κ1) is 24.6. The van der Waals surface area contributed by atoms with Crippen LogP contribution in [-0.2, 0) is 20.7 Å². The standard InChI is InChI=1S/C24H30N2O6S/c1-15-7-4-5-9-18(15)25-23(28)14-32-24(29)17-12-20(30-2)21(31-3)13-19(17)26-22(27)11-16-8-6-10-33-16/h6,8,10,12-13,15,18H,4-5,7,9,11,14H2,1-3H3,(H,25,28)(H,26,27)/t15-,18+/m0/s1.